The Kier molecular flexibility index (Phi) is 4.98. The van der Waals surface area contributed by atoms with E-state index < -0.39 is 21.4 Å². The van der Waals surface area contributed by atoms with Crippen LogP contribution < -0.4 is 4.18 Å². The molecule has 0 bridgehead atoms. The Bertz CT molecular complexity index is 1080. The van der Waals surface area contributed by atoms with Gasteiger partial charge in [-0.2, -0.15) is 21.6 Å². The fourth-order valence-corrected chi connectivity index (χ4v) is 4.25. The lowest BCUT2D eigenvalue weighted by atomic mass is 10.00. The van der Waals surface area contributed by atoms with Crippen LogP contribution in [0.1, 0.15) is 0 Å². The van der Waals surface area contributed by atoms with E-state index >= 15 is 0 Å². The zero-order valence-corrected chi connectivity index (χ0v) is 16.1. The molecule has 0 atom stereocenters. The predicted molar refractivity (Wildman–Crippen MR) is 99.9 cm³/mol. The standard InChI is InChI=1S/C17H10BrF3O3S2/c18-15-14-11(7-4-8-13(14)25)9-12(10-5-2-1-3-6-10)16(15)24-26(22,23)17(19,20)21/h1-9,25H. The summed E-state index contributed by atoms with van der Waals surface area (Å²) in [6.07, 6.45) is 0. The van der Waals surface area contributed by atoms with E-state index in [1.54, 1.807) is 54.6 Å². The molecule has 0 amide bonds. The maximum Gasteiger partial charge on any atom is 0.534 e. The minimum absolute atomic E-state index is 0.0762. The maximum absolute atomic E-state index is 12.8. The van der Waals surface area contributed by atoms with Gasteiger partial charge in [0.05, 0.1) is 4.47 Å². The second-order valence-corrected chi connectivity index (χ2v) is 8.10. The van der Waals surface area contributed by atoms with Crippen molar-refractivity contribution in [3.05, 3.63) is 59.1 Å². The van der Waals surface area contributed by atoms with Crippen LogP contribution in [0.5, 0.6) is 5.75 Å². The first-order valence-electron chi connectivity index (χ1n) is 7.12. The molecule has 0 fully saturated rings. The molecule has 0 aliphatic carbocycles. The molecule has 0 saturated heterocycles. The number of fused-ring (bicyclic) bond motifs is 1. The maximum atomic E-state index is 12.8. The first kappa shape index (κ1) is 19.1. The van der Waals surface area contributed by atoms with E-state index in [4.69, 9.17) is 0 Å². The fourth-order valence-electron chi connectivity index (χ4n) is 2.44. The van der Waals surface area contributed by atoms with E-state index in [0.29, 0.717) is 21.2 Å². The van der Waals surface area contributed by atoms with Gasteiger partial charge in [-0.05, 0) is 39.0 Å². The van der Waals surface area contributed by atoms with E-state index in [1.807, 2.05) is 0 Å². The number of thiol groups is 1. The summed E-state index contributed by atoms with van der Waals surface area (Å²) >= 11 is 7.49. The van der Waals surface area contributed by atoms with Gasteiger partial charge in [0, 0.05) is 15.8 Å². The van der Waals surface area contributed by atoms with Crippen molar-refractivity contribution >= 4 is 49.4 Å². The molecule has 3 aromatic carbocycles. The van der Waals surface area contributed by atoms with E-state index in [0.717, 1.165) is 0 Å². The average Bonchev–Trinajstić information content (AvgIpc) is 2.57. The first-order chi connectivity index (χ1) is 12.1. The van der Waals surface area contributed by atoms with Crippen LogP contribution in [0.25, 0.3) is 21.9 Å². The van der Waals surface area contributed by atoms with Gasteiger partial charge in [0.2, 0.25) is 0 Å². The molecule has 9 heteroatoms. The molecule has 0 aliphatic rings. The molecule has 0 aromatic heterocycles. The van der Waals surface area contributed by atoms with Crippen LogP contribution in [0.3, 0.4) is 0 Å². The number of benzene rings is 3. The van der Waals surface area contributed by atoms with E-state index in [1.165, 1.54) is 0 Å². The van der Waals surface area contributed by atoms with Crippen LogP contribution in [0.2, 0.25) is 0 Å². The third kappa shape index (κ3) is 3.43. The zero-order valence-electron chi connectivity index (χ0n) is 12.8. The monoisotopic (exact) mass is 462 g/mol. The highest BCUT2D eigenvalue weighted by Crippen LogP contribution is 2.45. The summed E-state index contributed by atoms with van der Waals surface area (Å²) in [6.45, 7) is 0. The Labute approximate surface area is 161 Å². The topological polar surface area (TPSA) is 43.4 Å². The van der Waals surface area contributed by atoms with Crippen molar-refractivity contribution in [1.82, 2.24) is 0 Å². The fraction of sp³-hybridized carbons (Fsp3) is 0.0588. The van der Waals surface area contributed by atoms with Crippen LogP contribution in [0.15, 0.2) is 64.0 Å². The Balaban J connectivity index is 2.35. The van der Waals surface area contributed by atoms with Crippen molar-refractivity contribution in [2.45, 2.75) is 10.4 Å². The van der Waals surface area contributed by atoms with Crippen LogP contribution in [-0.4, -0.2) is 13.9 Å². The van der Waals surface area contributed by atoms with Gasteiger partial charge in [-0.25, -0.2) is 0 Å². The molecule has 3 aromatic rings. The highest BCUT2D eigenvalue weighted by molar-refractivity contribution is 9.10. The summed E-state index contributed by atoms with van der Waals surface area (Å²) in [5, 5.41) is 1.11. The Morgan fingerprint density at radius 1 is 1.00 bits per heavy atom. The lowest BCUT2D eigenvalue weighted by Crippen LogP contribution is -2.28. The third-order valence-corrected chi connectivity index (χ3v) is 5.68. The molecule has 0 saturated carbocycles. The van der Waals surface area contributed by atoms with Crippen molar-refractivity contribution in [2.75, 3.05) is 0 Å². The zero-order chi connectivity index (χ0) is 19.1. The number of hydrogen-bond donors (Lipinski definition) is 1. The van der Waals surface area contributed by atoms with E-state index in [-0.39, 0.29) is 10.0 Å². The lowest BCUT2D eigenvalue weighted by molar-refractivity contribution is -0.0500. The smallest absolute Gasteiger partial charge is 0.374 e. The quantitative estimate of drug-likeness (QED) is 0.304. The normalized spacial score (nSPS) is 12.3. The number of rotatable bonds is 3. The SMILES string of the molecule is O=S(=O)(Oc1c(-c2ccccc2)cc2cccc(S)c2c1Br)C(F)(F)F. The molecule has 0 radical (unpaired) electrons. The number of alkyl halides is 3. The number of halogens is 4. The highest BCUT2D eigenvalue weighted by Gasteiger charge is 2.49. The van der Waals surface area contributed by atoms with Crippen molar-refractivity contribution in [3.63, 3.8) is 0 Å². The molecular weight excluding hydrogens is 453 g/mol. The van der Waals surface area contributed by atoms with Crippen LogP contribution in [0, 0.1) is 0 Å². The van der Waals surface area contributed by atoms with Gasteiger partial charge in [-0.3, -0.25) is 0 Å². The Morgan fingerprint density at radius 3 is 2.27 bits per heavy atom. The highest BCUT2D eigenvalue weighted by atomic mass is 79.9. The minimum Gasteiger partial charge on any atom is -0.374 e. The van der Waals surface area contributed by atoms with Crippen molar-refractivity contribution in [2.24, 2.45) is 0 Å². The average molecular weight is 463 g/mol. The Hall–Kier alpha value is -1.71. The lowest BCUT2D eigenvalue weighted by Gasteiger charge is -2.17. The van der Waals surface area contributed by atoms with Gasteiger partial charge in [-0.1, -0.05) is 42.5 Å². The second-order valence-electron chi connectivity index (χ2n) is 5.29. The van der Waals surface area contributed by atoms with Crippen molar-refractivity contribution in [1.29, 1.82) is 0 Å². The molecule has 3 nitrogen and oxygen atoms in total. The molecule has 0 N–H and O–H groups in total. The predicted octanol–water partition coefficient (Wildman–Crippen LogP) is 5.79. The van der Waals surface area contributed by atoms with Gasteiger partial charge in [0.1, 0.15) is 0 Å². The van der Waals surface area contributed by atoms with Gasteiger partial charge in [0.15, 0.2) is 5.75 Å². The van der Waals surface area contributed by atoms with Gasteiger partial charge < -0.3 is 4.18 Å². The molecule has 136 valence electrons. The first-order valence-corrected chi connectivity index (χ1v) is 9.77. The molecule has 0 aliphatic heterocycles. The van der Waals surface area contributed by atoms with Gasteiger partial charge >= 0.3 is 15.6 Å². The van der Waals surface area contributed by atoms with Crippen LogP contribution >= 0.6 is 28.6 Å². The van der Waals surface area contributed by atoms with Crippen LogP contribution in [0.4, 0.5) is 13.2 Å². The molecule has 0 unspecified atom stereocenters. The van der Waals surface area contributed by atoms with Crippen molar-refractivity contribution < 1.29 is 25.8 Å². The van der Waals surface area contributed by atoms with E-state index in [2.05, 4.69) is 32.7 Å². The summed E-state index contributed by atoms with van der Waals surface area (Å²) in [5.41, 5.74) is -4.83. The Morgan fingerprint density at radius 2 is 1.65 bits per heavy atom. The third-order valence-electron chi connectivity index (χ3n) is 3.60. The van der Waals surface area contributed by atoms with Crippen LogP contribution in [-0.2, 0) is 10.1 Å². The minimum atomic E-state index is -5.84. The summed E-state index contributed by atoms with van der Waals surface area (Å²) in [5.74, 6) is -0.442. The molecular formula is C17H10BrF3O3S2. The largest absolute Gasteiger partial charge is 0.534 e. The van der Waals surface area contributed by atoms with Gasteiger partial charge in [0.25, 0.3) is 0 Å². The molecule has 3 rings (SSSR count). The van der Waals surface area contributed by atoms with Gasteiger partial charge in [-0.15, -0.1) is 12.6 Å². The summed E-state index contributed by atoms with van der Waals surface area (Å²) in [4.78, 5) is 0.461. The summed E-state index contributed by atoms with van der Waals surface area (Å²) in [7, 11) is -5.84. The molecule has 26 heavy (non-hydrogen) atoms. The number of hydrogen-bond acceptors (Lipinski definition) is 4. The van der Waals surface area contributed by atoms with E-state index in [9.17, 15) is 21.6 Å². The molecule has 0 heterocycles. The second kappa shape index (κ2) is 6.79. The summed E-state index contributed by atoms with van der Waals surface area (Å²) < 4.78 is 66.3. The molecule has 0 spiro atoms. The van der Waals surface area contributed by atoms with Crippen molar-refractivity contribution in [3.8, 4) is 16.9 Å². The summed E-state index contributed by atoms with van der Waals surface area (Å²) in [6, 6.07) is 15.1.